The number of hydrogen-bond acceptors (Lipinski definition) is 4. The minimum atomic E-state index is 0.478. The summed E-state index contributed by atoms with van der Waals surface area (Å²) in [5.41, 5.74) is 6.99. The lowest BCUT2D eigenvalue weighted by Crippen LogP contribution is -2.05. The summed E-state index contributed by atoms with van der Waals surface area (Å²) in [6.45, 7) is 0. The van der Waals surface area contributed by atoms with Crippen molar-refractivity contribution >= 4 is 34.5 Å². The SMILES string of the molecule is N/C(=N\N=C\c1cccs1)SCc1ccccc1. The number of rotatable bonds is 4. The second-order valence-electron chi connectivity index (χ2n) is 3.47. The lowest BCUT2D eigenvalue weighted by Gasteiger charge is -1.98. The second kappa shape index (κ2) is 6.98. The molecule has 0 amide bonds. The molecule has 0 saturated carbocycles. The number of nitrogens with zero attached hydrogens (tertiary/aromatic N) is 2. The molecule has 0 spiro atoms. The lowest BCUT2D eigenvalue weighted by atomic mass is 10.2. The van der Waals surface area contributed by atoms with Crippen LogP contribution in [0, 0.1) is 0 Å². The summed E-state index contributed by atoms with van der Waals surface area (Å²) < 4.78 is 0. The van der Waals surface area contributed by atoms with Crippen LogP contribution in [0.4, 0.5) is 0 Å². The van der Waals surface area contributed by atoms with Gasteiger partial charge in [-0.1, -0.05) is 48.2 Å². The summed E-state index contributed by atoms with van der Waals surface area (Å²) >= 11 is 3.10. The number of nitrogens with two attached hydrogens (primary N) is 1. The summed E-state index contributed by atoms with van der Waals surface area (Å²) in [7, 11) is 0. The molecule has 1 heterocycles. The zero-order valence-corrected chi connectivity index (χ0v) is 11.3. The van der Waals surface area contributed by atoms with Gasteiger partial charge in [0.15, 0.2) is 5.17 Å². The van der Waals surface area contributed by atoms with Gasteiger partial charge in [-0.2, -0.15) is 5.10 Å². The highest BCUT2D eigenvalue weighted by atomic mass is 32.2. The van der Waals surface area contributed by atoms with Gasteiger partial charge in [0.1, 0.15) is 0 Å². The lowest BCUT2D eigenvalue weighted by molar-refractivity contribution is 1.25. The molecule has 0 radical (unpaired) electrons. The Balaban J connectivity index is 1.83. The van der Waals surface area contributed by atoms with Crippen molar-refractivity contribution in [1.29, 1.82) is 0 Å². The fourth-order valence-corrected chi connectivity index (χ4v) is 2.46. The second-order valence-corrected chi connectivity index (χ2v) is 5.45. The van der Waals surface area contributed by atoms with Crippen molar-refractivity contribution in [1.82, 2.24) is 0 Å². The van der Waals surface area contributed by atoms with E-state index < -0.39 is 0 Å². The maximum Gasteiger partial charge on any atom is 0.180 e. The molecule has 2 N–H and O–H groups in total. The van der Waals surface area contributed by atoms with Crippen molar-refractivity contribution in [2.75, 3.05) is 0 Å². The third kappa shape index (κ3) is 4.35. The third-order valence-corrected chi connectivity index (χ3v) is 3.78. The van der Waals surface area contributed by atoms with E-state index in [-0.39, 0.29) is 0 Å². The molecule has 0 aliphatic rings. The first-order chi connectivity index (χ1) is 8.84. The van der Waals surface area contributed by atoms with Crippen molar-refractivity contribution in [2.24, 2.45) is 15.9 Å². The first kappa shape index (κ1) is 12.9. The molecule has 1 aromatic heterocycles. The van der Waals surface area contributed by atoms with E-state index in [2.05, 4.69) is 22.3 Å². The minimum absolute atomic E-state index is 0.478. The van der Waals surface area contributed by atoms with Crippen molar-refractivity contribution in [3.05, 3.63) is 58.3 Å². The van der Waals surface area contributed by atoms with Crippen LogP contribution >= 0.6 is 23.1 Å². The van der Waals surface area contributed by atoms with Crippen molar-refractivity contribution in [3.8, 4) is 0 Å². The molecule has 0 atom stereocenters. The van der Waals surface area contributed by atoms with Crippen LogP contribution in [0.25, 0.3) is 0 Å². The molecule has 0 aliphatic carbocycles. The van der Waals surface area contributed by atoms with E-state index in [0.717, 1.165) is 10.6 Å². The number of thioether (sulfide) groups is 1. The Labute approximate surface area is 114 Å². The van der Waals surface area contributed by atoms with Gasteiger partial charge in [-0.15, -0.1) is 16.4 Å². The van der Waals surface area contributed by atoms with Gasteiger partial charge < -0.3 is 5.73 Å². The standard InChI is InChI=1S/C13H13N3S2/c14-13(16-15-9-12-7-4-8-17-12)18-10-11-5-2-1-3-6-11/h1-9H,10H2,(H2,14,16)/b15-9+. The average Bonchev–Trinajstić information content (AvgIpc) is 2.91. The molecule has 0 unspecified atom stereocenters. The fraction of sp³-hybridized carbons (Fsp3) is 0.0769. The van der Waals surface area contributed by atoms with E-state index in [1.165, 1.54) is 17.3 Å². The average molecular weight is 275 g/mol. The van der Waals surface area contributed by atoms with Crippen molar-refractivity contribution in [2.45, 2.75) is 5.75 Å². The Kier molecular flexibility index (Phi) is 4.99. The van der Waals surface area contributed by atoms with Crippen molar-refractivity contribution < 1.29 is 0 Å². The molecule has 0 fully saturated rings. The van der Waals surface area contributed by atoms with Gasteiger partial charge in [0, 0.05) is 10.6 Å². The van der Waals surface area contributed by atoms with E-state index in [1.807, 2.05) is 35.7 Å². The van der Waals surface area contributed by atoms with Gasteiger partial charge in [-0.3, -0.25) is 0 Å². The third-order valence-electron chi connectivity index (χ3n) is 2.11. The summed E-state index contributed by atoms with van der Waals surface area (Å²) in [6, 6.07) is 14.1. The maximum absolute atomic E-state index is 5.76. The largest absolute Gasteiger partial charge is 0.377 e. The van der Waals surface area contributed by atoms with E-state index in [1.54, 1.807) is 17.6 Å². The van der Waals surface area contributed by atoms with Crippen LogP contribution in [-0.4, -0.2) is 11.4 Å². The Bertz CT molecular complexity index is 518. The maximum atomic E-state index is 5.76. The Morgan fingerprint density at radius 2 is 2.06 bits per heavy atom. The molecular weight excluding hydrogens is 262 g/mol. The Morgan fingerprint density at radius 3 is 2.78 bits per heavy atom. The number of amidine groups is 1. The van der Waals surface area contributed by atoms with E-state index >= 15 is 0 Å². The van der Waals surface area contributed by atoms with Crippen LogP contribution < -0.4 is 5.73 Å². The molecule has 0 saturated heterocycles. The van der Waals surface area contributed by atoms with Gasteiger partial charge in [0.2, 0.25) is 0 Å². The topological polar surface area (TPSA) is 50.7 Å². The fourth-order valence-electron chi connectivity index (χ4n) is 1.27. The molecule has 1 aromatic carbocycles. The molecule has 5 heteroatoms. The van der Waals surface area contributed by atoms with Crippen LogP contribution in [0.2, 0.25) is 0 Å². The van der Waals surface area contributed by atoms with Gasteiger partial charge in [-0.25, -0.2) is 0 Å². The predicted octanol–water partition coefficient (Wildman–Crippen LogP) is 3.33. The monoisotopic (exact) mass is 275 g/mol. The zero-order chi connectivity index (χ0) is 12.6. The van der Waals surface area contributed by atoms with Gasteiger partial charge >= 0.3 is 0 Å². The molecule has 92 valence electrons. The highest BCUT2D eigenvalue weighted by Crippen LogP contribution is 2.11. The van der Waals surface area contributed by atoms with Gasteiger partial charge in [0.05, 0.1) is 6.21 Å². The van der Waals surface area contributed by atoms with E-state index in [0.29, 0.717) is 5.17 Å². The van der Waals surface area contributed by atoms with Crippen LogP contribution in [0.15, 0.2) is 58.0 Å². The smallest absolute Gasteiger partial charge is 0.180 e. The molecular formula is C13H13N3S2. The summed E-state index contributed by atoms with van der Waals surface area (Å²) in [5.74, 6) is 0.810. The quantitative estimate of drug-likeness (QED) is 0.528. The Morgan fingerprint density at radius 1 is 1.22 bits per heavy atom. The van der Waals surface area contributed by atoms with Gasteiger partial charge in [0.25, 0.3) is 0 Å². The first-order valence-corrected chi connectivity index (χ1v) is 7.28. The van der Waals surface area contributed by atoms with Crippen LogP contribution in [0.5, 0.6) is 0 Å². The summed E-state index contributed by atoms with van der Waals surface area (Å²) in [4.78, 5) is 1.07. The minimum Gasteiger partial charge on any atom is -0.377 e. The van der Waals surface area contributed by atoms with Crippen LogP contribution in [-0.2, 0) is 5.75 Å². The summed E-state index contributed by atoms with van der Waals surface area (Å²) in [5, 5.41) is 10.4. The van der Waals surface area contributed by atoms with E-state index in [9.17, 15) is 0 Å². The zero-order valence-electron chi connectivity index (χ0n) is 9.69. The van der Waals surface area contributed by atoms with E-state index in [4.69, 9.17) is 5.73 Å². The number of benzene rings is 1. The molecule has 0 aliphatic heterocycles. The highest BCUT2D eigenvalue weighted by Gasteiger charge is 1.95. The predicted molar refractivity (Wildman–Crippen MR) is 81.3 cm³/mol. The van der Waals surface area contributed by atoms with Gasteiger partial charge in [-0.05, 0) is 17.0 Å². The Hall–Kier alpha value is -1.59. The molecule has 0 bridgehead atoms. The molecule has 18 heavy (non-hydrogen) atoms. The molecule has 3 nitrogen and oxygen atoms in total. The molecule has 2 rings (SSSR count). The van der Waals surface area contributed by atoms with Crippen LogP contribution in [0.1, 0.15) is 10.4 Å². The summed E-state index contributed by atoms with van der Waals surface area (Å²) in [6.07, 6.45) is 1.71. The van der Waals surface area contributed by atoms with Crippen molar-refractivity contribution in [3.63, 3.8) is 0 Å². The highest BCUT2D eigenvalue weighted by molar-refractivity contribution is 8.13. The van der Waals surface area contributed by atoms with Crippen LogP contribution in [0.3, 0.4) is 0 Å². The first-order valence-electron chi connectivity index (χ1n) is 5.41. The number of thiophene rings is 1. The normalized spacial score (nSPS) is 12.1. The molecule has 2 aromatic rings. The number of hydrogen-bond donors (Lipinski definition) is 1.